The molecule has 8 heavy (non-hydrogen) atoms. The number of hydrogen-bond donors (Lipinski definition) is 0. The molecule has 0 spiro atoms. The van der Waals surface area contributed by atoms with Gasteiger partial charge in [0.2, 0.25) is 0 Å². The summed E-state index contributed by atoms with van der Waals surface area (Å²) in [6.45, 7) is 0. The molecule has 37 valence electrons. The Hall–Kier alpha value is 4.67. The standard InChI is InChI=1S/Ba.Ca.Mn.4O.Sr/q3*+2;4*-2;+2. The van der Waals surface area contributed by atoms with Gasteiger partial charge >= 0.3 is 149 Å². The van der Waals surface area contributed by atoms with E-state index in [0.29, 0.717) is 0 Å². The molecule has 0 aromatic carbocycles. The van der Waals surface area contributed by atoms with Crippen molar-refractivity contribution in [3.05, 3.63) is 0 Å². The molecule has 0 aliphatic heterocycles. The van der Waals surface area contributed by atoms with Crippen LogP contribution in [0.15, 0.2) is 0 Å². The molecule has 0 unspecified atom stereocenters. The van der Waals surface area contributed by atoms with Crippen molar-refractivity contribution in [2.75, 3.05) is 0 Å². The van der Waals surface area contributed by atoms with E-state index in [0.717, 1.165) is 0 Å². The summed E-state index contributed by atoms with van der Waals surface area (Å²) in [4.78, 5) is 0. The Bertz CT molecular complexity index is 16.0. The van der Waals surface area contributed by atoms with Crippen molar-refractivity contribution in [1.29, 1.82) is 0 Å². The molecular weight excluding hydrogens is 384 g/mol. The van der Waals surface area contributed by atoms with E-state index in [9.17, 15) is 0 Å². The van der Waals surface area contributed by atoms with Crippen LogP contribution < -0.4 is 0 Å². The van der Waals surface area contributed by atoms with E-state index in [1.54, 1.807) is 0 Å². The van der Waals surface area contributed by atoms with Gasteiger partial charge < -0.3 is 21.9 Å². The summed E-state index contributed by atoms with van der Waals surface area (Å²) in [6, 6.07) is 0. The maximum Gasteiger partial charge on any atom is 2.00 e. The van der Waals surface area contributed by atoms with Gasteiger partial charge in [-0.2, -0.15) is 0 Å². The summed E-state index contributed by atoms with van der Waals surface area (Å²) in [5, 5.41) is 0. The van der Waals surface area contributed by atoms with Crippen LogP contribution >= 0.6 is 0 Å². The minimum atomic E-state index is 0. The third kappa shape index (κ3) is 45.7. The Morgan fingerprint density at radius 1 is 0.625 bits per heavy atom. The van der Waals surface area contributed by atoms with Crippen LogP contribution in [0.4, 0.5) is 0 Å². The van der Waals surface area contributed by atoms with Crippen molar-refractivity contribution in [3.8, 4) is 0 Å². The van der Waals surface area contributed by atoms with Crippen LogP contribution in [0.1, 0.15) is 0 Å². The van der Waals surface area contributed by atoms with Crippen LogP contribution in [-0.4, -0.2) is 132 Å². The largest absolute Gasteiger partial charge is 2.00 e. The van der Waals surface area contributed by atoms with E-state index in [1.807, 2.05) is 0 Å². The van der Waals surface area contributed by atoms with Crippen LogP contribution in [0.2, 0.25) is 0 Å². The molecule has 0 aromatic heterocycles. The first-order valence-electron chi connectivity index (χ1n) is 0. The quantitative estimate of drug-likeness (QED) is 0.447. The number of rotatable bonds is 0. The normalized spacial score (nSPS) is 0. The fourth-order valence-corrected chi connectivity index (χ4v) is 0. The Kier molecular flexibility index (Phi) is 602. The second kappa shape index (κ2) is 60.9. The van der Waals surface area contributed by atoms with Gasteiger partial charge in [0.1, 0.15) is 0 Å². The average Bonchev–Trinajstić information content (AvgIpc) is 0. The van der Waals surface area contributed by atoms with Gasteiger partial charge in [0.25, 0.3) is 0 Å². The van der Waals surface area contributed by atoms with E-state index in [2.05, 4.69) is 0 Å². The van der Waals surface area contributed by atoms with Gasteiger partial charge in [-0.3, -0.25) is 0 Å². The SMILES string of the molecule is [Ba+2].[Ca+2].[Mn+2].[O-2].[O-2].[O-2].[O-2].[Sr+2]. The van der Waals surface area contributed by atoms with Gasteiger partial charge in [-0.15, -0.1) is 0 Å². The fraction of sp³-hybridized carbons (Fsp3) is 0. The van der Waals surface area contributed by atoms with Gasteiger partial charge in [0, 0.05) is 0 Å². The van der Waals surface area contributed by atoms with E-state index in [4.69, 9.17) is 0 Å². The van der Waals surface area contributed by atoms with Gasteiger partial charge in [0.15, 0.2) is 0 Å². The summed E-state index contributed by atoms with van der Waals surface area (Å²) in [5.41, 5.74) is 0. The zero-order valence-corrected chi connectivity index (χ0v) is 15.4. The molecule has 0 atom stereocenters. The molecule has 8 heteroatoms. The van der Waals surface area contributed by atoms with E-state index in [-0.39, 0.29) is 171 Å². The van der Waals surface area contributed by atoms with Crippen LogP contribution in [0, 0.1) is 0 Å². The van der Waals surface area contributed by atoms with Crippen molar-refractivity contribution in [1.82, 2.24) is 0 Å². The zero-order chi connectivity index (χ0) is 0. The van der Waals surface area contributed by atoms with Crippen LogP contribution in [0.25, 0.3) is 0 Å². The predicted molar refractivity (Wildman–Crippen MR) is 20.0 cm³/mol. The molecule has 0 saturated heterocycles. The van der Waals surface area contributed by atoms with Crippen molar-refractivity contribution in [2.45, 2.75) is 0 Å². The smallest absolute Gasteiger partial charge is 2.00 e. The molecule has 0 bridgehead atoms. The van der Waals surface area contributed by atoms with Crippen molar-refractivity contribution >= 4 is 132 Å². The first-order chi connectivity index (χ1) is 0. The Balaban J connectivity index is 0. The molecule has 0 rings (SSSR count). The summed E-state index contributed by atoms with van der Waals surface area (Å²) in [7, 11) is 0. The van der Waals surface area contributed by atoms with Crippen molar-refractivity contribution < 1.29 is 39.0 Å². The fourth-order valence-electron chi connectivity index (χ4n) is 0. The van der Waals surface area contributed by atoms with E-state index >= 15 is 0 Å². The first-order valence-corrected chi connectivity index (χ1v) is 0. The second-order valence-electron chi connectivity index (χ2n) is 0. The molecule has 0 aliphatic carbocycles. The van der Waals surface area contributed by atoms with Crippen LogP contribution in [0.3, 0.4) is 0 Å². The molecule has 0 saturated carbocycles. The second-order valence-corrected chi connectivity index (χ2v) is 0. The maximum absolute atomic E-state index is 0. The molecule has 0 aliphatic rings. The molecular formula is BaCaMnO4Sr. The average molecular weight is 384 g/mol. The maximum atomic E-state index is 0. The van der Waals surface area contributed by atoms with Crippen LogP contribution in [0.5, 0.6) is 0 Å². The molecule has 0 N–H and O–H groups in total. The third-order valence-corrected chi connectivity index (χ3v) is 0. The minimum Gasteiger partial charge on any atom is -2.00 e. The Morgan fingerprint density at radius 3 is 0.625 bits per heavy atom. The van der Waals surface area contributed by atoms with E-state index < -0.39 is 0 Å². The van der Waals surface area contributed by atoms with Gasteiger partial charge in [-0.05, 0) is 0 Å². The summed E-state index contributed by atoms with van der Waals surface area (Å²) in [5.74, 6) is 0. The minimum absolute atomic E-state index is 0. The molecule has 0 amide bonds. The Labute approximate surface area is 166 Å². The first kappa shape index (κ1) is 79.1. The molecule has 0 fully saturated rings. The molecule has 4 nitrogen and oxygen atoms in total. The molecule has 0 aromatic rings. The third-order valence-electron chi connectivity index (χ3n) is 0. The Morgan fingerprint density at radius 2 is 0.625 bits per heavy atom. The van der Waals surface area contributed by atoms with Gasteiger partial charge in [0.05, 0.1) is 0 Å². The predicted octanol–water partition coefficient (Wildman–Crippen LogP) is -1.62. The topological polar surface area (TPSA) is 114 Å². The van der Waals surface area contributed by atoms with Crippen molar-refractivity contribution in [3.63, 3.8) is 0 Å². The molecule has 1 radical (unpaired) electrons. The van der Waals surface area contributed by atoms with Gasteiger partial charge in [-0.25, -0.2) is 0 Å². The summed E-state index contributed by atoms with van der Waals surface area (Å²) < 4.78 is 0. The monoisotopic (exact) mass is 385 g/mol. The van der Waals surface area contributed by atoms with Crippen molar-refractivity contribution in [2.24, 2.45) is 0 Å². The number of hydrogen-bond acceptors (Lipinski definition) is 0. The van der Waals surface area contributed by atoms with E-state index in [1.165, 1.54) is 0 Å². The van der Waals surface area contributed by atoms with Crippen LogP contribution in [-0.2, 0) is 39.0 Å². The summed E-state index contributed by atoms with van der Waals surface area (Å²) >= 11 is 0. The van der Waals surface area contributed by atoms with Gasteiger partial charge in [-0.1, -0.05) is 0 Å². The zero-order valence-electron chi connectivity index (χ0n) is 4.13. The summed E-state index contributed by atoms with van der Waals surface area (Å²) in [6.07, 6.45) is 0. The molecule has 0 heterocycles.